The lowest BCUT2D eigenvalue weighted by molar-refractivity contribution is 0.0922. The van der Waals surface area contributed by atoms with Crippen molar-refractivity contribution in [2.75, 3.05) is 0 Å². The minimum Gasteiger partial charge on any atom is -0.389 e. The van der Waals surface area contributed by atoms with Gasteiger partial charge in [-0.05, 0) is 40.5 Å². The summed E-state index contributed by atoms with van der Waals surface area (Å²) in [5.74, 6) is -0.0177. The molecule has 2 nitrogen and oxygen atoms in total. The fourth-order valence-electron chi connectivity index (χ4n) is 2.11. The first-order valence-corrected chi connectivity index (χ1v) is 7.47. The minimum atomic E-state index is -0.703. The van der Waals surface area contributed by atoms with Crippen LogP contribution in [0, 0.1) is 6.92 Å². The van der Waals surface area contributed by atoms with E-state index in [0.29, 0.717) is 5.56 Å². The molecule has 0 aromatic heterocycles. The number of hydrogen-bond acceptors (Lipinski definition) is 2. The molecule has 1 unspecified atom stereocenters. The van der Waals surface area contributed by atoms with Gasteiger partial charge in [-0.2, -0.15) is 0 Å². The molecule has 1 N–H and O–H groups in total. The zero-order valence-corrected chi connectivity index (χ0v) is 13.5. The van der Waals surface area contributed by atoms with Crippen molar-refractivity contribution < 1.29 is 9.90 Å². The Kier molecular flexibility index (Phi) is 7.10. The first-order chi connectivity index (χ1) is 9.88. The molecule has 2 heteroatoms. The molecule has 0 heterocycles. The standard InChI is InChI=1S/C19H26O2/c1-14(2)6-5-7-16(4)12-18(20)13-19(21)17-10-8-15(3)9-11-17/h6,8-12,18,20H,5,7,13H2,1-4H3/b16-12+. The molecule has 0 spiro atoms. The largest absolute Gasteiger partial charge is 0.389 e. The summed E-state index contributed by atoms with van der Waals surface area (Å²) in [6.07, 6.45) is 5.31. The zero-order valence-electron chi connectivity index (χ0n) is 13.5. The van der Waals surface area contributed by atoms with Crippen molar-refractivity contribution in [3.63, 3.8) is 0 Å². The maximum atomic E-state index is 12.1. The molecule has 0 saturated carbocycles. The lowest BCUT2D eigenvalue weighted by Gasteiger charge is -2.07. The van der Waals surface area contributed by atoms with Crippen LogP contribution in [-0.4, -0.2) is 17.0 Å². The number of ketones is 1. The summed E-state index contributed by atoms with van der Waals surface area (Å²) in [5.41, 5.74) is 4.21. The van der Waals surface area contributed by atoms with Crippen LogP contribution < -0.4 is 0 Å². The molecule has 0 aliphatic rings. The van der Waals surface area contributed by atoms with Crippen LogP contribution in [0.4, 0.5) is 0 Å². The first kappa shape index (κ1) is 17.4. The Morgan fingerprint density at radius 2 is 1.81 bits per heavy atom. The van der Waals surface area contributed by atoms with Crippen molar-refractivity contribution in [1.82, 2.24) is 0 Å². The molecule has 1 atom stereocenters. The molecule has 114 valence electrons. The van der Waals surface area contributed by atoms with E-state index < -0.39 is 6.10 Å². The van der Waals surface area contributed by atoms with Gasteiger partial charge in [0.2, 0.25) is 0 Å². The number of aliphatic hydroxyl groups is 1. The van der Waals surface area contributed by atoms with Gasteiger partial charge in [-0.1, -0.05) is 53.1 Å². The van der Waals surface area contributed by atoms with E-state index in [2.05, 4.69) is 19.9 Å². The van der Waals surface area contributed by atoms with Crippen molar-refractivity contribution in [3.05, 3.63) is 58.7 Å². The van der Waals surface area contributed by atoms with Gasteiger partial charge in [0.25, 0.3) is 0 Å². The molecule has 1 rings (SSSR count). The van der Waals surface area contributed by atoms with E-state index >= 15 is 0 Å². The van der Waals surface area contributed by atoms with Crippen molar-refractivity contribution in [2.24, 2.45) is 0 Å². The maximum absolute atomic E-state index is 12.1. The van der Waals surface area contributed by atoms with Gasteiger partial charge in [0.05, 0.1) is 6.10 Å². The predicted octanol–water partition coefficient (Wildman–Crippen LogP) is 4.62. The highest BCUT2D eigenvalue weighted by Crippen LogP contribution is 2.12. The second-order valence-corrected chi connectivity index (χ2v) is 5.89. The van der Waals surface area contributed by atoms with E-state index in [-0.39, 0.29) is 12.2 Å². The molecular weight excluding hydrogens is 260 g/mol. The van der Waals surface area contributed by atoms with E-state index in [0.717, 1.165) is 24.0 Å². The average Bonchev–Trinajstić information content (AvgIpc) is 2.38. The third-order valence-electron chi connectivity index (χ3n) is 3.34. The van der Waals surface area contributed by atoms with Gasteiger partial charge in [-0.25, -0.2) is 0 Å². The SMILES string of the molecule is CC(C)=CCC/C(C)=C/C(O)CC(=O)c1ccc(C)cc1. The molecule has 0 radical (unpaired) electrons. The first-order valence-electron chi connectivity index (χ1n) is 7.47. The van der Waals surface area contributed by atoms with Crippen LogP contribution in [0.25, 0.3) is 0 Å². The molecule has 0 bridgehead atoms. The minimum absolute atomic E-state index is 0.0177. The van der Waals surface area contributed by atoms with Gasteiger partial charge in [0.15, 0.2) is 5.78 Å². The molecule has 0 amide bonds. The predicted molar refractivity (Wildman–Crippen MR) is 88.6 cm³/mol. The third kappa shape index (κ3) is 7.05. The Morgan fingerprint density at radius 1 is 1.19 bits per heavy atom. The second kappa shape index (κ2) is 8.58. The van der Waals surface area contributed by atoms with Crippen LogP contribution in [-0.2, 0) is 0 Å². The van der Waals surface area contributed by atoms with Crippen LogP contribution in [0.2, 0.25) is 0 Å². The van der Waals surface area contributed by atoms with Crippen molar-refractivity contribution in [2.45, 2.75) is 53.1 Å². The van der Waals surface area contributed by atoms with Crippen LogP contribution in [0.5, 0.6) is 0 Å². The van der Waals surface area contributed by atoms with E-state index in [4.69, 9.17) is 0 Å². The smallest absolute Gasteiger partial charge is 0.165 e. The van der Waals surface area contributed by atoms with E-state index in [1.807, 2.05) is 38.1 Å². The monoisotopic (exact) mass is 286 g/mol. The number of aliphatic hydroxyl groups excluding tert-OH is 1. The number of carbonyl (C=O) groups is 1. The Morgan fingerprint density at radius 3 is 2.38 bits per heavy atom. The molecule has 0 saturated heterocycles. The number of rotatable bonds is 7. The molecule has 0 fully saturated rings. The summed E-state index contributed by atoms with van der Waals surface area (Å²) in [6.45, 7) is 8.14. The molecular formula is C19H26O2. The Bertz CT molecular complexity index is 517. The van der Waals surface area contributed by atoms with Crippen molar-refractivity contribution in [1.29, 1.82) is 0 Å². The van der Waals surface area contributed by atoms with E-state index in [9.17, 15) is 9.90 Å². The topological polar surface area (TPSA) is 37.3 Å². The van der Waals surface area contributed by atoms with E-state index in [1.165, 1.54) is 5.57 Å². The van der Waals surface area contributed by atoms with Gasteiger partial charge in [0.1, 0.15) is 0 Å². The summed E-state index contributed by atoms with van der Waals surface area (Å²) < 4.78 is 0. The summed E-state index contributed by atoms with van der Waals surface area (Å²) in [4.78, 5) is 12.1. The Labute approximate surface area is 128 Å². The maximum Gasteiger partial charge on any atom is 0.165 e. The number of aryl methyl sites for hydroxylation is 1. The second-order valence-electron chi connectivity index (χ2n) is 5.89. The highest BCUT2D eigenvalue weighted by molar-refractivity contribution is 5.96. The van der Waals surface area contributed by atoms with Crippen LogP contribution >= 0.6 is 0 Å². The van der Waals surface area contributed by atoms with Gasteiger partial charge >= 0.3 is 0 Å². The fourth-order valence-corrected chi connectivity index (χ4v) is 2.11. The number of Topliss-reactive ketones (excluding diaryl/α,β-unsaturated/α-hetero) is 1. The van der Waals surface area contributed by atoms with Crippen molar-refractivity contribution in [3.8, 4) is 0 Å². The average molecular weight is 286 g/mol. The van der Waals surface area contributed by atoms with Gasteiger partial charge < -0.3 is 5.11 Å². The molecule has 1 aromatic rings. The third-order valence-corrected chi connectivity index (χ3v) is 3.34. The van der Waals surface area contributed by atoms with Crippen LogP contribution in [0.3, 0.4) is 0 Å². The lowest BCUT2D eigenvalue weighted by atomic mass is 10.0. The summed E-state index contributed by atoms with van der Waals surface area (Å²) in [5, 5.41) is 10.0. The summed E-state index contributed by atoms with van der Waals surface area (Å²) in [7, 11) is 0. The normalized spacial score (nSPS) is 12.9. The van der Waals surface area contributed by atoms with Crippen LogP contribution in [0.1, 0.15) is 56.0 Å². The van der Waals surface area contributed by atoms with Crippen LogP contribution in [0.15, 0.2) is 47.6 Å². The van der Waals surface area contributed by atoms with Gasteiger partial charge in [-0.15, -0.1) is 0 Å². The molecule has 0 aliphatic carbocycles. The lowest BCUT2D eigenvalue weighted by Crippen LogP contribution is -2.11. The van der Waals surface area contributed by atoms with Gasteiger partial charge in [-0.3, -0.25) is 4.79 Å². The van der Waals surface area contributed by atoms with Gasteiger partial charge in [0, 0.05) is 12.0 Å². The molecule has 1 aromatic carbocycles. The quantitative estimate of drug-likeness (QED) is 0.586. The number of allylic oxidation sites excluding steroid dienone is 3. The Hall–Kier alpha value is -1.67. The number of hydrogen-bond donors (Lipinski definition) is 1. The number of benzene rings is 1. The summed E-state index contributed by atoms with van der Waals surface area (Å²) >= 11 is 0. The highest BCUT2D eigenvalue weighted by atomic mass is 16.3. The zero-order chi connectivity index (χ0) is 15.8. The van der Waals surface area contributed by atoms with E-state index in [1.54, 1.807) is 6.08 Å². The molecule has 21 heavy (non-hydrogen) atoms. The fraction of sp³-hybridized carbons (Fsp3) is 0.421. The summed E-state index contributed by atoms with van der Waals surface area (Å²) in [6, 6.07) is 7.46. The van der Waals surface area contributed by atoms with Crippen molar-refractivity contribution >= 4 is 5.78 Å². The number of carbonyl (C=O) groups excluding carboxylic acids is 1. The molecule has 0 aliphatic heterocycles. The highest BCUT2D eigenvalue weighted by Gasteiger charge is 2.11. The Balaban J connectivity index is 2.52.